The largest absolute Gasteiger partial charge is 0.496 e. The Kier molecular flexibility index (Phi) is 7.70. The first-order valence-corrected chi connectivity index (χ1v) is 12.0. The SMILES string of the molecule is COCCCN1C(=O)C[C@@](CC(=O)N2CCN(c3ccccc3)CC2)(c2ccccc2OC)C1=O. The maximum absolute atomic E-state index is 13.8. The summed E-state index contributed by atoms with van der Waals surface area (Å²) in [5.41, 5.74) is 0.449. The van der Waals surface area contributed by atoms with Crippen LogP contribution in [0.3, 0.4) is 0 Å². The molecule has 0 saturated carbocycles. The van der Waals surface area contributed by atoms with Gasteiger partial charge in [0.2, 0.25) is 17.7 Å². The number of likely N-dealkylation sites (tertiary alicyclic amines) is 1. The summed E-state index contributed by atoms with van der Waals surface area (Å²) in [5.74, 6) is -0.212. The lowest BCUT2D eigenvalue weighted by Crippen LogP contribution is -2.51. The monoisotopic (exact) mass is 479 g/mol. The van der Waals surface area contributed by atoms with E-state index < -0.39 is 5.41 Å². The van der Waals surface area contributed by atoms with Crippen LogP contribution in [0.15, 0.2) is 54.6 Å². The van der Waals surface area contributed by atoms with E-state index in [-0.39, 0.29) is 37.1 Å². The fourth-order valence-electron chi connectivity index (χ4n) is 5.10. The molecule has 0 N–H and O–H groups in total. The summed E-state index contributed by atoms with van der Waals surface area (Å²) in [6, 6.07) is 17.3. The predicted octanol–water partition coefficient (Wildman–Crippen LogP) is 2.47. The van der Waals surface area contributed by atoms with Crippen molar-refractivity contribution in [2.45, 2.75) is 24.7 Å². The molecular formula is C27H33N3O5. The van der Waals surface area contributed by atoms with Crippen molar-refractivity contribution in [1.82, 2.24) is 9.80 Å². The second-order valence-corrected chi connectivity index (χ2v) is 9.04. The molecule has 8 heteroatoms. The van der Waals surface area contributed by atoms with Crippen molar-refractivity contribution >= 4 is 23.4 Å². The normalized spacial score (nSPS) is 20.5. The lowest BCUT2D eigenvalue weighted by Gasteiger charge is -2.38. The fourth-order valence-corrected chi connectivity index (χ4v) is 5.10. The van der Waals surface area contributed by atoms with Gasteiger partial charge >= 0.3 is 0 Å². The summed E-state index contributed by atoms with van der Waals surface area (Å²) < 4.78 is 10.7. The van der Waals surface area contributed by atoms with Gasteiger partial charge in [-0.3, -0.25) is 19.3 Å². The summed E-state index contributed by atoms with van der Waals surface area (Å²) in [7, 11) is 3.12. The van der Waals surface area contributed by atoms with Crippen LogP contribution in [0.2, 0.25) is 0 Å². The van der Waals surface area contributed by atoms with Crippen LogP contribution in [0.4, 0.5) is 5.69 Å². The molecule has 2 fully saturated rings. The molecule has 0 bridgehead atoms. The Bertz CT molecular complexity index is 1050. The molecule has 4 rings (SSSR count). The molecule has 2 aromatic rings. The molecule has 2 saturated heterocycles. The Hall–Kier alpha value is -3.39. The number of imide groups is 1. The number of carbonyl (C=O) groups excluding carboxylic acids is 3. The third-order valence-electron chi connectivity index (χ3n) is 6.97. The number of ether oxygens (including phenoxy) is 2. The number of benzene rings is 2. The minimum atomic E-state index is -1.27. The maximum Gasteiger partial charge on any atom is 0.241 e. The van der Waals surface area contributed by atoms with Gasteiger partial charge in [-0.15, -0.1) is 0 Å². The van der Waals surface area contributed by atoms with E-state index in [1.807, 2.05) is 35.2 Å². The number of hydrogen-bond acceptors (Lipinski definition) is 6. The summed E-state index contributed by atoms with van der Waals surface area (Å²) in [6.45, 7) is 3.28. The van der Waals surface area contributed by atoms with E-state index in [0.717, 1.165) is 5.69 Å². The molecule has 0 unspecified atom stereocenters. The topological polar surface area (TPSA) is 79.4 Å². The van der Waals surface area contributed by atoms with Crippen molar-refractivity contribution in [1.29, 1.82) is 0 Å². The van der Waals surface area contributed by atoms with Gasteiger partial charge < -0.3 is 19.3 Å². The lowest BCUT2D eigenvalue weighted by atomic mass is 9.75. The molecular weight excluding hydrogens is 446 g/mol. The molecule has 35 heavy (non-hydrogen) atoms. The number of amides is 3. The van der Waals surface area contributed by atoms with Crippen LogP contribution in [0, 0.1) is 0 Å². The Labute approximate surface area is 206 Å². The third-order valence-corrected chi connectivity index (χ3v) is 6.97. The smallest absolute Gasteiger partial charge is 0.241 e. The van der Waals surface area contributed by atoms with Crippen molar-refractivity contribution in [3.05, 3.63) is 60.2 Å². The van der Waals surface area contributed by atoms with E-state index in [1.165, 1.54) is 12.0 Å². The first-order valence-electron chi connectivity index (χ1n) is 12.0. The molecule has 2 aliphatic heterocycles. The number of piperazine rings is 1. The molecule has 0 aromatic heterocycles. The van der Waals surface area contributed by atoms with E-state index in [4.69, 9.17) is 9.47 Å². The molecule has 2 aliphatic rings. The highest BCUT2D eigenvalue weighted by molar-refractivity contribution is 6.11. The molecule has 2 heterocycles. The quantitative estimate of drug-likeness (QED) is 0.406. The average Bonchev–Trinajstić information content (AvgIpc) is 3.14. The van der Waals surface area contributed by atoms with E-state index in [2.05, 4.69) is 17.0 Å². The molecule has 186 valence electrons. The van der Waals surface area contributed by atoms with Crippen molar-refractivity contribution < 1.29 is 23.9 Å². The number of hydrogen-bond donors (Lipinski definition) is 0. The van der Waals surface area contributed by atoms with Crippen LogP contribution >= 0.6 is 0 Å². The zero-order valence-corrected chi connectivity index (χ0v) is 20.4. The Morgan fingerprint density at radius 3 is 2.31 bits per heavy atom. The highest BCUT2D eigenvalue weighted by Gasteiger charge is 2.55. The minimum absolute atomic E-state index is 0.0467. The van der Waals surface area contributed by atoms with Gasteiger partial charge in [-0.2, -0.15) is 0 Å². The predicted molar refractivity (Wildman–Crippen MR) is 132 cm³/mol. The highest BCUT2D eigenvalue weighted by Crippen LogP contribution is 2.44. The van der Waals surface area contributed by atoms with Crippen molar-refractivity contribution in [2.24, 2.45) is 0 Å². The first-order chi connectivity index (χ1) is 17.0. The van der Waals surface area contributed by atoms with Crippen LogP contribution < -0.4 is 9.64 Å². The summed E-state index contributed by atoms with van der Waals surface area (Å²) in [5, 5.41) is 0. The summed E-state index contributed by atoms with van der Waals surface area (Å²) >= 11 is 0. The second-order valence-electron chi connectivity index (χ2n) is 9.04. The molecule has 0 spiro atoms. The van der Waals surface area contributed by atoms with Crippen LogP contribution in [-0.2, 0) is 24.5 Å². The number of rotatable bonds is 9. The molecule has 3 amide bonds. The number of para-hydroxylation sites is 2. The number of carbonyl (C=O) groups is 3. The van der Waals surface area contributed by atoms with E-state index in [9.17, 15) is 14.4 Å². The molecule has 1 atom stereocenters. The zero-order chi connectivity index (χ0) is 24.8. The molecule has 0 aliphatic carbocycles. The van der Waals surface area contributed by atoms with Gasteiger partial charge in [0.1, 0.15) is 5.75 Å². The van der Waals surface area contributed by atoms with Gasteiger partial charge in [-0.25, -0.2) is 0 Å². The van der Waals surface area contributed by atoms with Crippen molar-refractivity contribution in [2.75, 3.05) is 58.5 Å². The Morgan fingerprint density at radius 2 is 1.63 bits per heavy atom. The molecule has 8 nitrogen and oxygen atoms in total. The average molecular weight is 480 g/mol. The van der Waals surface area contributed by atoms with Gasteiger partial charge in [0.15, 0.2) is 0 Å². The van der Waals surface area contributed by atoms with Gasteiger partial charge in [0, 0.05) is 70.5 Å². The van der Waals surface area contributed by atoms with Gasteiger partial charge in [0.05, 0.1) is 12.5 Å². The standard InChI is InChI=1S/C27H33N3O5/c1-34-18-8-13-30-25(32)20-27(26(30)33,22-11-6-7-12-23(22)35-2)19-24(31)29-16-14-28(15-17-29)21-9-4-3-5-10-21/h3-7,9-12H,8,13-20H2,1-2H3/t27-/m0/s1. The van der Waals surface area contributed by atoms with Gasteiger partial charge in [0.25, 0.3) is 0 Å². The zero-order valence-electron chi connectivity index (χ0n) is 20.4. The van der Waals surface area contributed by atoms with Crippen molar-refractivity contribution in [3.8, 4) is 5.75 Å². The van der Waals surface area contributed by atoms with Crippen LogP contribution in [0.5, 0.6) is 5.75 Å². The highest BCUT2D eigenvalue weighted by atomic mass is 16.5. The van der Waals surface area contributed by atoms with E-state index in [1.54, 1.807) is 19.2 Å². The minimum Gasteiger partial charge on any atom is -0.496 e. The lowest BCUT2D eigenvalue weighted by molar-refractivity contribution is -0.143. The third kappa shape index (κ3) is 5.03. The van der Waals surface area contributed by atoms with Gasteiger partial charge in [-0.05, 0) is 24.6 Å². The number of methoxy groups -OCH3 is 2. The van der Waals surface area contributed by atoms with Crippen molar-refractivity contribution in [3.63, 3.8) is 0 Å². The summed E-state index contributed by atoms with van der Waals surface area (Å²) in [6.07, 6.45) is 0.435. The fraction of sp³-hybridized carbons (Fsp3) is 0.444. The first kappa shape index (κ1) is 24.7. The van der Waals surface area contributed by atoms with Crippen LogP contribution in [-0.4, -0.2) is 81.1 Å². The van der Waals surface area contributed by atoms with Gasteiger partial charge in [-0.1, -0.05) is 36.4 Å². The number of nitrogens with zero attached hydrogens (tertiary/aromatic N) is 3. The second kappa shape index (κ2) is 10.9. The molecule has 0 radical (unpaired) electrons. The van der Waals surface area contributed by atoms with Crippen LogP contribution in [0.1, 0.15) is 24.8 Å². The number of anilines is 1. The van der Waals surface area contributed by atoms with E-state index >= 15 is 0 Å². The summed E-state index contributed by atoms with van der Waals surface area (Å²) in [4.78, 5) is 45.7. The maximum atomic E-state index is 13.8. The Morgan fingerprint density at radius 1 is 0.943 bits per heavy atom. The Balaban J connectivity index is 1.55. The van der Waals surface area contributed by atoms with Crippen LogP contribution in [0.25, 0.3) is 0 Å². The molecule has 2 aromatic carbocycles. The van der Waals surface area contributed by atoms with E-state index in [0.29, 0.717) is 50.5 Å².